The Balaban J connectivity index is 1.67. The number of amides is 1. The lowest BCUT2D eigenvalue weighted by atomic mass is 10.2. The van der Waals surface area contributed by atoms with Crippen LogP contribution in [0, 0.1) is 11.6 Å². The van der Waals surface area contributed by atoms with Crippen molar-refractivity contribution in [2.24, 2.45) is 0 Å². The zero-order chi connectivity index (χ0) is 20.6. The second-order valence-corrected chi connectivity index (χ2v) is 8.23. The van der Waals surface area contributed by atoms with Crippen LogP contribution in [0.4, 0.5) is 8.78 Å². The van der Waals surface area contributed by atoms with E-state index in [0.717, 1.165) is 23.3 Å². The summed E-state index contributed by atoms with van der Waals surface area (Å²) in [5.74, 6) is 0.351. The maximum atomic E-state index is 13.3. The summed E-state index contributed by atoms with van der Waals surface area (Å²) in [5, 5.41) is -0.0882. The van der Waals surface area contributed by atoms with Gasteiger partial charge in [0.25, 0.3) is 0 Å². The Bertz CT molecular complexity index is 786. The molecule has 1 aliphatic rings. The van der Waals surface area contributed by atoms with Gasteiger partial charge < -0.3 is 9.64 Å². The van der Waals surface area contributed by atoms with E-state index in [9.17, 15) is 13.6 Å². The standard InChI is InChI=1S/C22H26F2N2O2S/c1-28-13-2-11-25(15-17-3-7-19(23)8-4-17)16-21(27)26-12-14-29-22(26)18-5-9-20(24)10-6-18/h3-10,22H,2,11-16H2,1H3/t22-/m1/s1. The molecule has 156 valence electrons. The van der Waals surface area contributed by atoms with Crippen LogP contribution >= 0.6 is 11.8 Å². The summed E-state index contributed by atoms with van der Waals surface area (Å²) >= 11 is 1.69. The first-order chi connectivity index (χ1) is 14.1. The quantitative estimate of drug-likeness (QED) is 0.573. The zero-order valence-corrected chi connectivity index (χ0v) is 17.3. The number of thioether (sulfide) groups is 1. The summed E-state index contributed by atoms with van der Waals surface area (Å²) in [6, 6.07) is 12.7. The average molecular weight is 421 g/mol. The van der Waals surface area contributed by atoms with Crippen LogP contribution in [-0.2, 0) is 16.1 Å². The molecule has 0 N–H and O–H groups in total. The maximum absolute atomic E-state index is 13.3. The van der Waals surface area contributed by atoms with Gasteiger partial charge in [0.05, 0.1) is 6.54 Å². The predicted octanol–water partition coefficient (Wildman–Crippen LogP) is 4.08. The Morgan fingerprint density at radius 1 is 1.14 bits per heavy atom. The molecule has 1 heterocycles. The molecule has 1 fully saturated rings. The van der Waals surface area contributed by atoms with E-state index in [0.29, 0.717) is 26.2 Å². The third kappa shape index (κ3) is 6.26. The van der Waals surface area contributed by atoms with Crippen molar-refractivity contribution in [3.8, 4) is 0 Å². The van der Waals surface area contributed by atoms with E-state index in [-0.39, 0.29) is 29.5 Å². The molecule has 0 spiro atoms. The summed E-state index contributed by atoms with van der Waals surface area (Å²) in [6.45, 7) is 2.84. The summed E-state index contributed by atoms with van der Waals surface area (Å²) in [6.07, 6.45) is 0.807. The number of nitrogens with zero attached hydrogens (tertiary/aromatic N) is 2. The minimum absolute atomic E-state index is 0.0452. The Labute approximate surface area is 174 Å². The number of benzene rings is 2. The molecule has 2 aromatic rings. The Morgan fingerprint density at radius 3 is 2.45 bits per heavy atom. The van der Waals surface area contributed by atoms with Crippen LogP contribution in [0.15, 0.2) is 48.5 Å². The van der Waals surface area contributed by atoms with Crippen LogP contribution < -0.4 is 0 Å². The number of carbonyl (C=O) groups is 1. The molecule has 1 saturated heterocycles. The maximum Gasteiger partial charge on any atom is 0.237 e. The lowest BCUT2D eigenvalue weighted by molar-refractivity contribution is -0.132. The third-order valence-corrected chi connectivity index (χ3v) is 6.13. The Kier molecular flexibility index (Phi) is 8.03. The fraction of sp³-hybridized carbons (Fsp3) is 0.409. The topological polar surface area (TPSA) is 32.8 Å². The summed E-state index contributed by atoms with van der Waals surface area (Å²) < 4.78 is 31.6. The molecule has 0 bridgehead atoms. The van der Waals surface area contributed by atoms with Gasteiger partial charge in [-0.25, -0.2) is 8.78 Å². The highest BCUT2D eigenvalue weighted by molar-refractivity contribution is 7.99. The van der Waals surface area contributed by atoms with Gasteiger partial charge in [-0.05, 0) is 41.8 Å². The smallest absolute Gasteiger partial charge is 0.237 e. The predicted molar refractivity (Wildman–Crippen MR) is 111 cm³/mol. The minimum Gasteiger partial charge on any atom is -0.385 e. The second-order valence-electron chi connectivity index (χ2n) is 7.05. The SMILES string of the molecule is COCCCN(CC(=O)N1CCS[C@@H]1c1ccc(F)cc1)Cc1ccc(F)cc1. The molecular weight excluding hydrogens is 394 g/mol. The van der Waals surface area contributed by atoms with E-state index in [1.165, 1.54) is 24.3 Å². The number of methoxy groups -OCH3 is 1. The molecule has 0 unspecified atom stereocenters. The van der Waals surface area contributed by atoms with Crippen molar-refractivity contribution in [1.82, 2.24) is 9.80 Å². The minimum atomic E-state index is -0.279. The normalized spacial score (nSPS) is 16.6. The van der Waals surface area contributed by atoms with Gasteiger partial charge >= 0.3 is 0 Å². The highest BCUT2D eigenvalue weighted by Gasteiger charge is 2.31. The van der Waals surface area contributed by atoms with Crippen LogP contribution in [0.3, 0.4) is 0 Å². The third-order valence-electron chi connectivity index (χ3n) is 4.87. The van der Waals surface area contributed by atoms with Gasteiger partial charge in [0, 0.05) is 39.1 Å². The largest absolute Gasteiger partial charge is 0.385 e. The molecule has 0 aliphatic carbocycles. The van der Waals surface area contributed by atoms with E-state index < -0.39 is 0 Å². The summed E-state index contributed by atoms with van der Waals surface area (Å²) in [4.78, 5) is 17.0. The lowest BCUT2D eigenvalue weighted by Crippen LogP contribution is -2.40. The second kappa shape index (κ2) is 10.7. The molecule has 1 aliphatic heterocycles. The average Bonchev–Trinajstić information content (AvgIpc) is 3.20. The van der Waals surface area contributed by atoms with Gasteiger partial charge in [-0.1, -0.05) is 24.3 Å². The molecule has 0 radical (unpaired) electrons. The van der Waals surface area contributed by atoms with Crippen molar-refractivity contribution in [1.29, 1.82) is 0 Å². The fourth-order valence-electron chi connectivity index (χ4n) is 3.41. The van der Waals surface area contributed by atoms with Crippen molar-refractivity contribution >= 4 is 17.7 Å². The molecule has 1 amide bonds. The number of rotatable bonds is 9. The van der Waals surface area contributed by atoms with Crippen molar-refractivity contribution in [3.05, 3.63) is 71.3 Å². The molecule has 7 heteroatoms. The van der Waals surface area contributed by atoms with Crippen LogP contribution in [-0.4, -0.2) is 54.8 Å². The van der Waals surface area contributed by atoms with E-state index in [1.54, 1.807) is 43.1 Å². The van der Waals surface area contributed by atoms with Crippen molar-refractivity contribution in [2.75, 3.05) is 39.1 Å². The number of ether oxygens (including phenoxy) is 1. The van der Waals surface area contributed by atoms with Gasteiger partial charge in [-0.2, -0.15) is 0 Å². The van der Waals surface area contributed by atoms with Crippen LogP contribution in [0.1, 0.15) is 22.9 Å². The molecule has 29 heavy (non-hydrogen) atoms. The van der Waals surface area contributed by atoms with Crippen LogP contribution in [0.25, 0.3) is 0 Å². The molecule has 3 rings (SSSR count). The van der Waals surface area contributed by atoms with E-state index in [4.69, 9.17) is 4.74 Å². The Morgan fingerprint density at radius 2 is 1.79 bits per heavy atom. The fourth-order valence-corrected chi connectivity index (χ4v) is 4.68. The monoisotopic (exact) mass is 420 g/mol. The first kappa shape index (κ1) is 21.7. The van der Waals surface area contributed by atoms with Crippen molar-refractivity contribution < 1.29 is 18.3 Å². The molecular formula is C22H26F2N2O2S. The zero-order valence-electron chi connectivity index (χ0n) is 16.5. The van der Waals surface area contributed by atoms with Crippen LogP contribution in [0.2, 0.25) is 0 Å². The highest BCUT2D eigenvalue weighted by Crippen LogP contribution is 2.37. The van der Waals surface area contributed by atoms with E-state index >= 15 is 0 Å². The first-order valence-corrected chi connectivity index (χ1v) is 10.7. The molecule has 2 aromatic carbocycles. The molecule has 4 nitrogen and oxygen atoms in total. The van der Waals surface area contributed by atoms with Gasteiger partial charge in [0.15, 0.2) is 0 Å². The molecule has 0 saturated carbocycles. The van der Waals surface area contributed by atoms with Crippen molar-refractivity contribution in [3.63, 3.8) is 0 Å². The van der Waals surface area contributed by atoms with Gasteiger partial charge in [0.1, 0.15) is 17.0 Å². The molecule has 1 atom stereocenters. The van der Waals surface area contributed by atoms with Gasteiger partial charge in [0.2, 0.25) is 5.91 Å². The summed E-state index contributed by atoms with van der Waals surface area (Å²) in [7, 11) is 1.66. The number of hydrogen-bond donors (Lipinski definition) is 0. The highest BCUT2D eigenvalue weighted by atomic mass is 32.2. The summed E-state index contributed by atoms with van der Waals surface area (Å²) in [5.41, 5.74) is 1.90. The first-order valence-electron chi connectivity index (χ1n) is 9.69. The number of hydrogen-bond acceptors (Lipinski definition) is 4. The Hall–Kier alpha value is -1.96. The van der Waals surface area contributed by atoms with E-state index in [1.807, 2.05) is 4.90 Å². The number of halogens is 2. The number of carbonyl (C=O) groups excluding carboxylic acids is 1. The lowest BCUT2D eigenvalue weighted by Gasteiger charge is -2.28. The van der Waals surface area contributed by atoms with Crippen LogP contribution in [0.5, 0.6) is 0 Å². The van der Waals surface area contributed by atoms with Gasteiger partial charge in [-0.15, -0.1) is 11.8 Å². The molecule has 0 aromatic heterocycles. The van der Waals surface area contributed by atoms with Crippen molar-refractivity contribution in [2.45, 2.75) is 18.3 Å². The van der Waals surface area contributed by atoms with E-state index in [2.05, 4.69) is 4.90 Å². The van der Waals surface area contributed by atoms with Gasteiger partial charge in [-0.3, -0.25) is 9.69 Å².